The van der Waals surface area contributed by atoms with Gasteiger partial charge in [0.15, 0.2) is 0 Å². The van der Waals surface area contributed by atoms with E-state index in [1.807, 2.05) is 0 Å². The Balaban J connectivity index is 1.55. The van der Waals surface area contributed by atoms with Crippen molar-refractivity contribution in [1.29, 1.82) is 0 Å². The van der Waals surface area contributed by atoms with Crippen LogP contribution in [0.3, 0.4) is 0 Å². The molecule has 1 heterocycles. The molecule has 120 valence electrons. The van der Waals surface area contributed by atoms with E-state index in [9.17, 15) is 14.9 Å². The number of aromatic amines is 1. The number of nitro groups is 1. The summed E-state index contributed by atoms with van der Waals surface area (Å²) in [4.78, 5) is 26.6. The first-order valence-electron chi connectivity index (χ1n) is 7.13. The number of aromatic nitrogens is 3. The van der Waals surface area contributed by atoms with E-state index >= 15 is 0 Å². The molecule has 0 unspecified atom stereocenters. The molecule has 3 rings (SSSR count). The SMILES string of the molecule is Cc1cc([N+](=O)[O-])ccc1NC(=O)CSc1n[nH]c(C2CC2)n1. The number of rotatable bonds is 6. The first-order valence-corrected chi connectivity index (χ1v) is 8.11. The Hall–Kier alpha value is -2.42. The molecule has 1 fully saturated rings. The third-order valence-corrected chi connectivity index (χ3v) is 4.32. The van der Waals surface area contributed by atoms with Gasteiger partial charge in [0.25, 0.3) is 5.69 Å². The number of benzene rings is 1. The number of amides is 1. The third-order valence-electron chi connectivity index (χ3n) is 3.47. The second kappa shape index (κ2) is 6.37. The zero-order chi connectivity index (χ0) is 16.4. The molecule has 1 amide bonds. The van der Waals surface area contributed by atoms with Crippen molar-refractivity contribution in [3.8, 4) is 0 Å². The summed E-state index contributed by atoms with van der Waals surface area (Å²) >= 11 is 1.25. The van der Waals surface area contributed by atoms with Crippen LogP contribution in [0.4, 0.5) is 11.4 Å². The normalized spacial score (nSPS) is 13.8. The van der Waals surface area contributed by atoms with Gasteiger partial charge in [-0.1, -0.05) is 11.8 Å². The van der Waals surface area contributed by atoms with Gasteiger partial charge in [-0.05, 0) is 31.4 Å². The van der Waals surface area contributed by atoms with Gasteiger partial charge in [0.2, 0.25) is 11.1 Å². The maximum Gasteiger partial charge on any atom is 0.269 e. The second-order valence-electron chi connectivity index (χ2n) is 5.37. The fourth-order valence-corrected chi connectivity index (χ4v) is 2.69. The van der Waals surface area contributed by atoms with E-state index in [1.54, 1.807) is 6.92 Å². The molecular weight excluding hydrogens is 318 g/mol. The van der Waals surface area contributed by atoms with Crippen LogP contribution in [0, 0.1) is 17.0 Å². The quantitative estimate of drug-likeness (QED) is 0.477. The smallest absolute Gasteiger partial charge is 0.269 e. The van der Waals surface area contributed by atoms with Crippen LogP contribution in [0.15, 0.2) is 23.4 Å². The highest BCUT2D eigenvalue weighted by Gasteiger charge is 2.27. The lowest BCUT2D eigenvalue weighted by Crippen LogP contribution is -2.15. The van der Waals surface area contributed by atoms with Crippen LogP contribution in [0.5, 0.6) is 0 Å². The minimum atomic E-state index is -0.463. The summed E-state index contributed by atoms with van der Waals surface area (Å²) in [5.41, 5.74) is 1.21. The van der Waals surface area contributed by atoms with Crippen LogP contribution in [-0.2, 0) is 4.79 Å². The number of hydrogen-bond donors (Lipinski definition) is 2. The summed E-state index contributed by atoms with van der Waals surface area (Å²) in [5, 5.41) is 21.0. The zero-order valence-electron chi connectivity index (χ0n) is 12.4. The Morgan fingerprint density at radius 1 is 1.52 bits per heavy atom. The summed E-state index contributed by atoms with van der Waals surface area (Å²) in [6.45, 7) is 1.72. The topological polar surface area (TPSA) is 114 Å². The van der Waals surface area contributed by atoms with Crippen molar-refractivity contribution in [2.45, 2.75) is 30.8 Å². The van der Waals surface area contributed by atoms with Crippen molar-refractivity contribution < 1.29 is 9.72 Å². The zero-order valence-corrected chi connectivity index (χ0v) is 13.2. The highest BCUT2D eigenvalue weighted by molar-refractivity contribution is 7.99. The predicted octanol–water partition coefficient (Wildman–Crippen LogP) is 2.63. The number of carbonyl (C=O) groups is 1. The maximum absolute atomic E-state index is 12.0. The average Bonchev–Trinajstić information content (AvgIpc) is 3.26. The Bertz CT molecular complexity index is 757. The number of non-ortho nitro benzene ring substituents is 1. The van der Waals surface area contributed by atoms with Crippen LogP contribution in [0.25, 0.3) is 0 Å². The van der Waals surface area contributed by atoms with Crippen LogP contribution < -0.4 is 5.32 Å². The number of nitrogens with zero attached hydrogens (tertiary/aromatic N) is 3. The van der Waals surface area contributed by atoms with Crippen molar-refractivity contribution in [2.24, 2.45) is 0 Å². The molecule has 9 heteroatoms. The second-order valence-corrected chi connectivity index (χ2v) is 6.31. The van der Waals surface area contributed by atoms with Gasteiger partial charge in [-0.25, -0.2) is 4.98 Å². The molecule has 0 spiro atoms. The number of H-pyrrole nitrogens is 1. The molecule has 1 aliphatic rings. The largest absolute Gasteiger partial charge is 0.325 e. The molecule has 8 nitrogen and oxygen atoms in total. The Morgan fingerprint density at radius 3 is 2.96 bits per heavy atom. The molecule has 0 radical (unpaired) electrons. The van der Waals surface area contributed by atoms with Gasteiger partial charge in [-0.2, -0.15) is 0 Å². The molecular formula is C14H15N5O3S. The van der Waals surface area contributed by atoms with Gasteiger partial charge in [-0.3, -0.25) is 20.0 Å². The van der Waals surface area contributed by atoms with Crippen molar-refractivity contribution in [1.82, 2.24) is 15.2 Å². The van der Waals surface area contributed by atoms with Crippen molar-refractivity contribution in [3.63, 3.8) is 0 Å². The van der Waals surface area contributed by atoms with E-state index in [2.05, 4.69) is 20.5 Å². The lowest BCUT2D eigenvalue weighted by atomic mass is 10.2. The monoisotopic (exact) mass is 333 g/mol. The summed E-state index contributed by atoms with van der Waals surface area (Å²) in [6.07, 6.45) is 2.28. The summed E-state index contributed by atoms with van der Waals surface area (Å²) in [5.74, 6) is 1.36. The van der Waals surface area contributed by atoms with Crippen molar-refractivity contribution in [2.75, 3.05) is 11.1 Å². The number of nitrogens with one attached hydrogen (secondary N) is 2. The molecule has 23 heavy (non-hydrogen) atoms. The first kappa shape index (κ1) is 15.5. The van der Waals surface area contributed by atoms with E-state index in [1.165, 1.54) is 30.0 Å². The minimum absolute atomic E-state index is 0.00296. The third kappa shape index (κ3) is 3.86. The van der Waals surface area contributed by atoms with Crippen molar-refractivity contribution >= 4 is 29.0 Å². The number of hydrogen-bond acceptors (Lipinski definition) is 6. The molecule has 1 saturated carbocycles. The maximum atomic E-state index is 12.0. The lowest BCUT2D eigenvalue weighted by Gasteiger charge is -2.07. The molecule has 1 aromatic carbocycles. The summed E-state index contributed by atoms with van der Waals surface area (Å²) < 4.78 is 0. The Labute approximate surface area is 136 Å². The number of nitro benzene ring substituents is 1. The number of thioether (sulfide) groups is 1. The number of anilines is 1. The summed E-state index contributed by atoms with van der Waals surface area (Å²) in [7, 11) is 0. The van der Waals surface area contributed by atoms with E-state index in [4.69, 9.17) is 0 Å². The van der Waals surface area contributed by atoms with E-state index in [-0.39, 0.29) is 17.3 Å². The molecule has 0 atom stereocenters. The highest BCUT2D eigenvalue weighted by atomic mass is 32.2. The van der Waals surface area contributed by atoms with Gasteiger partial charge in [0.1, 0.15) is 5.82 Å². The molecule has 1 aromatic heterocycles. The molecule has 2 N–H and O–H groups in total. The van der Waals surface area contributed by atoms with Gasteiger partial charge >= 0.3 is 0 Å². The van der Waals surface area contributed by atoms with Crippen LogP contribution in [0.2, 0.25) is 0 Å². The molecule has 0 saturated heterocycles. The standard InChI is InChI=1S/C14H15N5O3S/c1-8-6-10(19(21)22)4-5-11(8)15-12(20)7-23-14-16-13(17-18-14)9-2-3-9/h4-6,9H,2-3,7H2,1H3,(H,15,20)(H,16,17,18). The fourth-order valence-electron chi connectivity index (χ4n) is 2.08. The molecule has 2 aromatic rings. The number of aryl methyl sites for hydroxylation is 1. The fraction of sp³-hybridized carbons (Fsp3) is 0.357. The Kier molecular flexibility index (Phi) is 4.28. The predicted molar refractivity (Wildman–Crippen MR) is 85.5 cm³/mol. The van der Waals surface area contributed by atoms with Gasteiger partial charge in [0.05, 0.1) is 10.7 Å². The average molecular weight is 333 g/mol. The van der Waals surface area contributed by atoms with Gasteiger partial charge < -0.3 is 5.32 Å². The Morgan fingerprint density at radius 2 is 2.30 bits per heavy atom. The lowest BCUT2D eigenvalue weighted by molar-refractivity contribution is -0.384. The van der Waals surface area contributed by atoms with Crippen LogP contribution in [-0.4, -0.2) is 31.8 Å². The minimum Gasteiger partial charge on any atom is -0.325 e. The first-order chi connectivity index (χ1) is 11.0. The highest BCUT2D eigenvalue weighted by Crippen LogP contribution is 2.38. The van der Waals surface area contributed by atoms with E-state index < -0.39 is 4.92 Å². The van der Waals surface area contributed by atoms with E-state index in [0.29, 0.717) is 22.3 Å². The molecule has 0 aliphatic heterocycles. The number of carbonyl (C=O) groups excluding carboxylic acids is 1. The van der Waals surface area contributed by atoms with Gasteiger partial charge in [0, 0.05) is 23.7 Å². The van der Waals surface area contributed by atoms with Crippen molar-refractivity contribution in [3.05, 3.63) is 39.7 Å². The van der Waals surface area contributed by atoms with Crippen LogP contribution in [0.1, 0.15) is 30.1 Å². The van der Waals surface area contributed by atoms with Crippen LogP contribution >= 0.6 is 11.8 Å². The molecule has 1 aliphatic carbocycles. The van der Waals surface area contributed by atoms with Gasteiger partial charge in [-0.15, -0.1) is 5.10 Å². The molecule has 0 bridgehead atoms. The van der Waals surface area contributed by atoms with E-state index in [0.717, 1.165) is 18.7 Å². The summed E-state index contributed by atoms with van der Waals surface area (Å²) in [6, 6.07) is 4.33.